The minimum absolute atomic E-state index is 0.789. The SMILES string of the molecule is c1n[nH]c(CCNc2nccc3sccc23)n1. The van der Waals surface area contributed by atoms with Crippen LogP contribution >= 0.6 is 11.3 Å². The van der Waals surface area contributed by atoms with Gasteiger partial charge in [-0.2, -0.15) is 5.10 Å². The molecule has 3 aromatic rings. The second-order valence-electron chi connectivity index (χ2n) is 3.60. The second-order valence-corrected chi connectivity index (χ2v) is 4.55. The highest BCUT2D eigenvalue weighted by Crippen LogP contribution is 2.25. The zero-order chi connectivity index (χ0) is 11.5. The van der Waals surface area contributed by atoms with Crippen LogP contribution in [-0.2, 0) is 6.42 Å². The van der Waals surface area contributed by atoms with Gasteiger partial charge in [0.1, 0.15) is 18.0 Å². The van der Waals surface area contributed by atoms with Gasteiger partial charge in [-0.1, -0.05) is 0 Å². The number of anilines is 1. The van der Waals surface area contributed by atoms with Crippen molar-refractivity contribution >= 4 is 27.2 Å². The maximum absolute atomic E-state index is 4.35. The van der Waals surface area contributed by atoms with Crippen LogP contribution in [0.5, 0.6) is 0 Å². The molecule has 3 heterocycles. The molecular formula is C11H11N5S. The van der Waals surface area contributed by atoms with Gasteiger partial charge >= 0.3 is 0 Å². The van der Waals surface area contributed by atoms with Crippen LogP contribution in [-0.4, -0.2) is 26.7 Å². The van der Waals surface area contributed by atoms with Crippen LogP contribution in [0.15, 0.2) is 30.0 Å². The van der Waals surface area contributed by atoms with Gasteiger partial charge in [0.2, 0.25) is 0 Å². The first-order valence-electron chi connectivity index (χ1n) is 5.34. The van der Waals surface area contributed by atoms with E-state index in [1.165, 1.54) is 16.4 Å². The van der Waals surface area contributed by atoms with Crippen LogP contribution in [0.25, 0.3) is 10.1 Å². The van der Waals surface area contributed by atoms with E-state index in [0.29, 0.717) is 0 Å². The van der Waals surface area contributed by atoms with Gasteiger partial charge in [0.15, 0.2) is 0 Å². The van der Waals surface area contributed by atoms with E-state index in [9.17, 15) is 0 Å². The summed E-state index contributed by atoms with van der Waals surface area (Å²) >= 11 is 1.72. The molecule has 0 fully saturated rings. The Kier molecular flexibility index (Phi) is 2.71. The topological polar surface area (TPSA) is 66.5 Å². The smallest absolute Gasteiger partial charge is 0.137 e. The molecule has 0 bridgehead atoms. The molecule has 0 aliphatic heterocycles. The fourth-order valence-corrected chi connectivity index (χ4v) is 2.47. The van der Waals surface area contributed by atoms with Gasteiger partial charge < -0.3 is 5.32 Å². The van der Waals surface area contributed by atoms with E-state index in [4.69, 9.17) is 0 Å². The van der Waals surface area contributed by atoms with Gasteiger partial charge in [-0.25, -0.2) is 9.97 Å². The number of aromatic nitrogens is 4. The highest BCUT2D eigenvalue weighted by atomic mass is 32.1. The predicted molar refractivity (Wildman–Crippen MR) is 68.2 cm³/mol. The summed E-state index contributed by atoms with van der Waals surface area (Å²) in [6.07, 6.45) is 4.16. The molecule has 3 rings (SSSR count). The lowest BCUT2D eigenvalue weighted by molar-refractivity contribution is 0.898. The standard InChI is InChI=1S/C11H11N5S/c1-4-12-11(8-3-6-17-9(1)8)13-5-2-10-14-7-15-16-10/h1,3-4,6-7H,2,5H2,(H,12,13)(H,14,15,16). The zero-order valence-electron chi connectivity index (χ0n) is 9.05. The third kappa shape index (κ3) is 2.12. The molecule has 0 aromatic carbocycles. The molecule has 0 unspecified atom stereocenters. The van der Waals surface area contributed by atoms with E-state index in [0.717, 1.165) is 24.6 Å². The number of hydrogen-bond acceptors (Lipinski definition) is 5. The van der Waals surface area contributed by atoms with E-state index in [-0.39, 0.29) is 0 Å². The summed E-state index contributed by atoms with van der Waals surface area (Å²) in [5, 5.41) is 13.2. The van der Waals surface area contributed by atoms with Crippen LogP contribution in [0.2, 0.25) is 0 Å². The average molecular weight is 245 g/mol. The summed E-state index contributed by atoms with van der Waals surface area (Å²) in [5.74, 6) is 1.82. The number of fused-ring (bicyclic) bond motifs is 1. The van der Waals surface area contributed by atoms with Crippen molar-refractivity contribution < 1.29 is 0 Å². The monoisotopic (exact) mass is 245 g/mol. The third-order valence-corrected chi connectivity index (χ3v) is 3.38. The van der Waals surface area contributed by atoms with Gasteiger partial charge in [0.25, 0.3) is 0 Å². The van der Waals surface area contributed by atoms with Crippen molar-refractivity contribution in [2.45, 2.75) is 6.42 Å². The van der Waals surface area contributed by atoms with E-state index in [2.05, 4.69) is 36.9 Å². The molecule has 2 N–H and O–H groups in total. The second kappa shape index (κ2) is 4.50. The van der Waals surface area contributed by atoms with E-state index in [1.807, 2.05) is 12.3 Å². The summed E-state index contributed by atoms with van der Waals surface area (Å²) in [6, 6.07) is 4.12. The van der Waals surface area contributed by atoms with E-state index >= 15 is 0 Å². The Morgan fingerprint density at radius 2 is 2.29 bits per heavy atom. The molecule has 0 saturated carbocycles. The first-order chi connectivity index (χ1) is 8.43. The number of thiophene rings is 1. The highest BCUT2D eigenvalue weighted by Gasteiger charge is 2.03. The van der Waals surface area contributed by atoms with Crippen molar-refractivity contribution in [2.75, 3.05) is 11.9 Å². The molecule has 0 amide bonds. The molecule has 3 aromatic heterocycles. The fourth-order valence-electron chi connectivity index (χ4n) is 1.69. The largest absolute Gasteiger partial charge is 0.369 e. The van der Waals surface area contributed by atoms with Crippen molar-refractivity contribution in [3.05, 3.63) is 35.9 Å². The van der Waals surface area contributed by atoms with Gasteiger partial charge in [0, 0.05) is 29.2 Å². The number of nitrogens with one attached hydrogen (secondary N) is 2. The number of nitrogens with zero attached hydrogens (tertiary/aromatic N) is 3. The van der Waals surface area contributed by atoms with Gasteiger partial charge in [0.05, 0.1) is 0 Å². The van der Waals surface area contributed by atoms with Crippen LogP contribution in [0, 0.1) is 0 Å². The molecule has 0 spiro atoms. The summed E-state index contributed by atoms with van der Waals surface area (Å²) in [4.78, 5) is 8.42. The summed E-state index contributed by atoms with van der Waals surface area (Å²) in [6.45, 7) is 0.789. The first-order valence-corrected chi connectivity index (χ1v) is 6.22. The molecule has 5 nitrogen and oxygen atoms in total. The van der Waals surface area contributed by atoms with E-state index in [1.54, 1.807) is 11.3 Å². The Morgan fingerprint density at radius 3 is 3.18 bits per heavy atom. The van der Waals surface area contributed by atoms with Crippen LogP contribution in [0.1, 0.15) is 5.82 Å². The Balaban J connectivity index is 1.70. The van der Waals surface area contributed by atoms with Crippen molar-refractivity contribution in [3.63, 3.8) is 0 Å². The molecule has 0 radical (unpaired) electrons. The summed E-state index contributed by atoms with van der Waals surface area (Å²) in [5.41, 5.74) is 0. The van der Waals surface area contributed by atoms with E-state index < -0.39 is 0 Å². The van der Waals surface area contributed by atoms with Crippen LogP contribution < -0.4 is 5.32 Å². The van der Waals surface area contributed by atoms with Gasteiger partial charge in [-0.05, 0) is 17.5 Å². The highest BCUT2D eigenvalue weighted by molar-refractivity contribution is 7.17. The number of hydrogen-bond donors (Lipinski definition) is 2. The van der Waals surface area contributed by atoms with Crippen LogP contribution in [0.3, 0.4) is 0 Å². The maximum Gasteiger partial charge on any atom is 0.137 e. The maximum atomic E-state index is 4.35. The van der Waals surface area contributed by atoms with Crippen LogP contribution in [0.4, 0.5) is 5.82 Å². The normalized spacial score (nSPS) is 10.8. The molecule has 17 heavy (non-hydrogen) atoms. The molecular weight excluding hydrogens is 234 g/mol. The number of pyridine rings is 1. The lowest BCUT2D eigenvalue weighted by Crippen LogP contribution is -2.07. The van der Waals surface area contributed by atoms with Gasteiger partial charge in [-0.15, -0.1) is 11.3 Å². The third-order valence-electron chi connectivity index (χ3n) is 2.50. The lowest BCUT2D eigenvalue weighted by Gasteiger charge is -2.05. The Hall–Kier alpha value is -1.95. The van der Waals surface area contributed by atoms with Gasteiger partial charge in [-0.3, -0.25) is 5.10 Å². The molecule has 86 valence electrons. The average Bonchev–Trinajstić information content (AvgIpc) is 2.99. The quantitative estimate of drug-likeness (QED) is 0.738. The molecule has 6 heteroatoms. The van der Waals surface area contributed by atoms with Crippen molar-refractivity contribution in [2.24, 2.45) is 0 Å². The number of aromatic amines is 1. The first kappa shape index (κ1) is 10.2. The lowest BCUT2D eigenvalue weighted by atomic mass is 10.3. The Labute approximate surface area is 102 Å². The van der Waals surface area contributed by atoms with Crippen molar-refractivity contribution in [1.29, 1.82) is 0 Å². The molecule has 0 atom stereocenters. The van der Waals surface area contributed by atoms with Crippen molar-refractivity contribution in [1.82, 2.24) is 20.2 Å². The number of rotatable bonds is 4. The fraction of sp³-hybridized carbons (Fsp3) is 0.182. The Morgan fingerprint density at radius 1 is 1.29 bits per heavy atom. The van der Waals surface area contributed by atoms with Crippen molar-refractivity contribution in [3.8, 4) is 0 Å². The minimum Gasteiger partial charge on any atom is -0.369 e. The molecule has 0 saturated heterocycles. The zero-order valence-corrected chi connectivity index (χ0v) is 9.87. The molecule has 0 aliphatic rings. The summed E-state index contributed by atoms with van der Waals surface area (Å²) < 4.78 is 1.25. The molecule has 0 aliphatic carbocycles. The minimum atomic E-state index is 0.789. The predicted octanol–water partition coefficient (Wildman–Crippen LogP) is 2.07. The number of H-pyrrole nitrogens is 1. The Bertz CT molecular complexity index is 601. The summed E-state index contributed by atoms with van der Waals surface area (Å²) in [7, 11) is 0.